The van der Waals surface area contributed by atoms with Gasteiger partial charge in [-0.1, -0.05) is 0 Å². The van der Waals surface area contributed by atoms with Gasteiger partial charge in [-0.25, -0.2) is 8.78 Å². The van der Waals surface area contributed by atoms with Crippen LogP contribution in [0.1, 0.15) is 16.5 Å². The van der Waals surface area contributed by atoms with Crippen LogP contribution in [0.4, 0.5) is 8.78 Å². The molecule has 1 aromatic rings. The molecule has 0 aromatic carbocycles. The Hall–Kier alpha value is -0.230. The molecule has 82 valence electrons. The van der Waals surface area contributed by atoms with E-state index in [9.17, 15) is 8.78 Å². The van der Waals surface area contributed by atoms with E-state index in [4.69, 9.17) is 10.8 Å². The van der Waals surface area contributed by atoms with Crippen molar-refractivity contribution in [3.05, 3.63) is 21.9 Å². The molecule has 0 fully saturated rings. The zero-order valence-electron chi connectivity index (χ0n) is 7.54. The number of hydrogen-bond acceptors (Lipinski definition) is 3. The predicted molar refractivity (Wildman–Crippen MR) is 55.3 cm³/mol. The number of aliphatic hydroxyl groups is 1. The van der Waals surface area contributed by atoms with E-state index < -0.39 is 18.6 Å². The lowest BCUT2D eigenvalue weighted by atomic mass is 10.1. The van der Waals surface area contributed by atoms with E-state index in [2.05, 4.69) is 0 Å². The Morgan fingerprint density at radius 2 is 2.21 bits per heavy atom. The molecule has 0 amide bonds. The summed E-state index contributed by atoms with van der Waals surface area (Å²) in [5.74, 6) is -3.24. The van der Waals surface area contributed by atoms with Crippen molar-refractivity contribution in [1.29, 1.82) is 0 Å². The molecule has 3 N–H and O–H groups in total. The minimum absolute atomic E-state index is 0. The number of thiophene rings is 1. The summed E-state index contributed by atoms with van der Waals surface area (Å²) < 4.78 is 25.8. The molecule has 1 atom stereocenters. The highest BCUT2D eigenvalue weighted by atomic mass is 35.5. The number of alkyl halides is 2. The van der Waals surface area contributed by atoms with Crippen LogP contribution in [0.15, 0.2) is 11.4 Å². The second-order valence-electron chi connectivity index (χ2n) is 2.86. The number of halogens is 3. The molecule has 1 heterocycles. The lowest BCUT2D eigenvalue weighted by molar-refractivity contribution is -0.0704. The van der Waals surface area contributed by atoms with Gasteiger partial charge < -0.3 is 10.8 Å². The third-order valence-corrected chi connectivity index (χ3v) is 2.95. The summed E-state index contributed by atoms with van der Waals surface area (Å²) in [7, 11) is 0. The maximum Gasteiger partial charge on any atom is 0.290 e. The first-order valence-electron chi connectivity index (χ1n) is 3.77. The van der Waals surface area contributed by atoms with Crippen molar-refractivity contribution in [2.24, 2.45) is 5.73 Å². The van der Waals surface area contributed by atoms with Gasteiger partial charge >= 0.3 is 0 Å². The van der Waals surface area contributed by atoms with Crippen LogP contribution in [0.3, 0.4) is 0 Å². The van der Waals surface area contributed by atoms with Crippen LogP contribution in [0.5, 0.6) is 0 Å². The molecule has 14 heavy (non-hydrogen) atoms. The molecule has 0 radical (unpaired) electrons. The fourth-order valence-corrected chi connectivity index (χ4v) is 1.98. The van der Waals surface area contributed by atoms with Crippen LogP contribution in [0, 0.1) is 6.92 Å². The Balaban J connectivity index is 0.00000169. The molecule has 0 saturated heterocycles. The molecule has 1 rings (SSSR count). The van der Waals surface area contributed by atoms with Crippen molar-refractivity contribution in [3.8, 4) is 0 Å². The monoisotopic (exact) mass is 243 g/mol. The Kier molecular flexibility index (Phi) is 4.94. The van der Waals surface area contributed by atoms with E-state index in [-0.39, 0.29) is 12.4 Å². The highest BCUT2D eigenvalue weighted by Crippen LogP contribution is 2.33. The molecular weight excluding hydrogens is 232 g/mol. The zero-order valence-corrected chi connectivity index (χ0v) is 9.17. The minimum Gasteiger partial charge on any atom is -0.390 e. The average molecular weight is 244 g/mol. The second kappa shape index (κ2) is 5.02. The maximum atomic E-state index is 12.9. The maximum absolute atomic E-state index is 12.9. The normalized spacial score (nSPS) is 13.5. The summed E-state index contributed by atoms with van der Waals surface area (Å²) in [5, 5.41) is 10.1. The van der Waals surface area contributed by atoms with Crippen LogP contribution < -0.4 is 5.73 Å². The lowest BCUT2D eigenvalue weighted by Gasteiger charge is -2.20. The van der Waals surface area contributed by atoms with E-state index in [1.807, 2.05) is 0 Å². The summed E-state index contributed by atoms with van der Waals surface area (Å²) in [5.41, 5.74) is 6.07. The number of nitrogens with two attached hydrogens (primary N) is 1. The zero-order chi connectivity index (χ0) is 10.1. The van der Waals surface area contributed by atoms with Crippen molar-refractivity contribution in [2.45, 2.75) is 18.9 Å². The second-order valence-corrected chi connectivity index (χ2v) is 3.81. The van der Waals surface area contributed by atoms with Gasteiger partial charge in [0.05, 0.1) is 0 Å². The molecule has 0 spiro atoms. The van der Waals surface area contributed by atoms with Gasteiger partial charge in [-0.15, -0.1) is 23.7 Å². The Bertz CT molecular complexity index is 293. The Labute approximate surface area is 91.1 Å². The van der Waals surface area contributed by atoms with Gasteiger partial charge in [0, 0.05) is 4.88 Å². The smallest absolute Gasteiger partial charge is 0.290 e. The van der Waals surface area contributed by atoms with Crippen molar-refractivity contribution in [1.82, 2.24) is 0 Å². The molecule has 0 bridgehead atoms. The highest BCUT2D eigenvalue weighted by Gasteiger charge is 2.38. The Morgan fingerprint density at radius 3 is 2.57 bits per heavy atom. The standard InChI is InChI=1S/C8H11F2NOS.ClH/c1-5-2-3-13-6(5)7(11)8(9,10)4-12;/h2-3,7,12H,4,11H2,1H3;1H/t7-;/m1./s1. The van der Waals surface area contributed by atoms with Crippen LogP contribution >= 0.6 is 23.7 Å². The van der Waals surface area contributed by atoms with E-state index >= 15 is 0 Å². The first-order chi connectivity index (χ1) is 5.99. The fraction of sp³-hybridized carbons (Fsp3) is 0.500. The van der Waals surface area contributed by atoms with Gasteiger partial charge in [0.1, 0.15) is 12.6 Å². The molecule has 0 aliphatic rings. The number of aliphatic hydroxyl groups excluding tert-OH is 1. The number of aryl methyl sites for hydroxylation is 1. The first kappa shape index (κ1) is 13.8. The number of hydrogen-bond donors (Lipinski definition) is 2. The topological polar surface area (TPSA) is 46.2 Å². The van der Waals surface area contributed by atoms with Crippen molar-refractivity contribution in [3.63, 3.8) is 0 Å². The largest absolute Gasteiger partial charge is 0.390 e. The van der Waals surface area contributed by atoms with Crippen LogP contribution in [-0.2, 0) is 0 Å². The van der Waals surface area contributed by atoms with E-state index in [1.54, 1.807) is 18.4 Å². The summed E-state index contributed by atoms with van der Waals surface area (Å²) >= 11 is 1.18. The van der Waals surface area contributed by atoms with Gasteiger partial charge in [0.2, 0.25) is 0 Å². The summed E-state index contributed by atoms with van der Waals surface area (Å²) in [6.07, 6.45) is 0. The molecule has 0 aliphatic heterocycles. The van der Waals surface area contributed by atoms with Crippen LogP contribution in [0.2, 0.25) is 0 Å². The molecule has 2 nitrogen and oxygen atoms in total. The van der Waals surface area contributed by atoms with Gasteiger partial charge in [0.15, 0.2) is 0 Å². The molecule has 0 unspecified atom stereocenters. The fourth-order valence-electron chi connectivity index (χ4n) is 0.993. The van der Waals surface area contributed by atoms with E-state index in [0.29, 0.717) is 4.88 Å². The van der Waals surface area contributed by atoms with Crippen molar-refractivity contribution >= 4 is 23.7 Å². The molecular formula is C8H12ClF2NOS. The Morgan fingerprint density at radius 1 is 1.64 bits per heavy atom. The lowest BCUT2D eigenvalue weighted by Crippen LogP contribution is -2.36. The third kappa shape index (κ3) is 2.63. The van der Waals surface area contributed by atoms with Gasteiger partial charge in [-0.2, -0.15) is 0 Å². The summed E-state index contributed by atoms with van der Waals surface area (Å²) in [6.45, 7) is 0.505. The summed E-state index contributed by atoms with van der Waals surface area (Å²) in [6, 6.07) is 0.324. The minimum atomic E-state index is -3.24. The van der Waals surface area contributed by atoms with Crippen LogP contribution in [-0.4, -0.2) is 17.6 Å². The first-order valence-corrected chi connectivity index (χ1v) is 4.65. The van der Waals surface area contributed by atoms with Crippen molar-refractivity contribution < 1.29 is 13.9 Å². The SMILES string of the molecule is Cc1ccsc1[C@@H](N)C(F)(F)CO.Cl. The molecule has 0 aliphatic carbocycles. The predicted octanol–water partition coefficient (Wildman–Crippen LogP) is 2.11. The molecule has 6 heteroatoms. The highest BCUT2D eigenvalue weighted by molar-refractivity contribution is 7.10. The quantitative estimate of drug-likeness (QED) is 0.854. The van der Waals surface area contributed by atoms with Gasteiger partial charge in [0.25, 0.3) is 5.92 Å². The van der Waals surface area contributed by atoms with E-state index in [0.717, 1.165) is 5.56 Å². The summed E-state index contributed by atoms with van der Waals surface area (Å²) in [4.78, 5) is 0.430. The molecule has 0 saturated carbocycles. The van der Waals surface area contributed by atoms with Crippen molar-refractivity contribution in [2.75, 3.05) is 6.61 Å². The third-order valence-electron chi connectivity index (χ3n) is 1.85. The molecule has 1 aromatic heterocycles. The van der Waals surface area contributed by atoms with Gasteiger partial charge in [-0.05, 0) is 23.9 Å². The van der Waals surface area contributed by atoms with E-state index in [1.165, 1.54) is 11.3 Å². The van der Waals surface area contributed by atoms with Gasteiger partial charge in [-0.3, -0.25) is 0 Å². The number of rotatable bonds is 3. The average Bonchev–Trinajstić information content (AvgIpc) is 2.50. The van der Waals surface area contributed by atoms with Crippen LogP contribution in [0.25, 0.3) is 0 Å².